The van der Waals surface area contributed by atoms with Gasteiger partial charge in [-0.15, -0.1) is 11.3 Å². The van der Waals surface area contributed by atoms with Gasteiger partial charge in [-0.1, -0.05) is 41.9 Å². The van der Waals surface area contributed by atoms with Crippen LogP contribution in [0.2, 0.25) is 5.02 Å². The molecule has 0 fully saturated rings. The Balaban J connectivity index is 1.87. The van der Waals surface area contributed by atoms with Crippen LogP contribution in [0.4, 0.5) is 5.88 Å². The van der Waals surface area contributed by atoms with Crippen LogP contribution in [0.3, 0.4) is 0 Å². The van der Waals surface area contributed by atoms with E-state index in [-0.39, 0.29) is 32.9 Å². The predicted octanol–water partition coefficient (Wildman–Crippen LogP) is 4.55. The third-order valence-corrected chi connectivity index (χ3v) is 7.38. The lowest BCUT2D eigenvalue weighted by molar-refractivity contribution is 0.0993. The maximum Gasteiger partial charge on any atom is 0.265 e. The molecule has 2 aromatic heterocycles. The number of hydrogen-bond acceptors (Lipinski definition) is 7. The minimum Gasteiger partial charge on any atom is -0.336 e. The number of sulfonamides is 1. The van der Waals surface area contributed by atoms with Crippen LogP contribution in [0.25, 0.3) is 0 Å². The van der Waals surface area contributed by atoms with Crippen molar-refractivity contribution in [1.29, 1.82) is 5.26 Å². The van der Waals surface area contributed by atoms with Gasteiger partial charge in [-0.25, -0.2) is 13.1 Å². The number of rotatable bonds is 8. The molecule has 1 aromatic carbocycles. The summed E-state index contributed by atoms with van der Waals surface area (Å²) in [7, 11) is -4.09. The first kappa shape index (κ1) is 22.0. The van der Waals surface area contributed by atoms with Crippen LogP contribution in [-0.2, 0) is 29.3 Å². The smallest absolute Gasteiger partial charge is 0.265 e. The third kappa shape index (κ3) is 4.56. The Bertz CT molecular complexity index is 1240. The van der Waals surface area contributed by atoms with Crippen LogP contribution in [0.1, 0.15) is 39.0 Å². The zero-order valence-corrected chi connectivity index (χ0v) is 18.6. The van der Waals surface area contributed by atoms with Crippen molar-refractivity contribution in [2.75, 3.05) is 4.72 Å². The van der Waals surface area contributed by atoms with Gasteiger partial charge in [-0.05, 0) is 41.5 Å². The van der Waals surface area contributed by atoms with Crippen molar-refractivity contribution in [2.45, 2.75) is 38.0 Å². The molecule has 0 unspecified atom stereocenters. The second kappa shape index (κ2) is 9.00. The number of nitriles is 1. The minimum absolute atomic E-state index is 0.0568. The molecule has 1 N–H and O–H groups in total. The standard InChI is InChI=1S/C20H18ClN3O4S2/c1-3-14-10-13(6-8-22)4-5-15(14)11-16(25)19-17(7-9-29-19)30(26,27)24-20-18(21)12(2)23-28-20/h4-5,7,9-10,24H,3,6,11H2,1-2H3. The highest BCUT2D eigenvalue weighted by molar-refractivity contribution is 7.93. The lowest BCUT2D eigenvalue weighted by Crippen LogP contribution is -2.16. The van der Waals surface area contributed by atoms with E-state index < -0.39 is 10.0 Å². The number of carbonyl (C=O) groups excluding carboxylic acids is 1. The Kier molecular flexibility index (Phi) is 6.61. The summed E-state index contributed by atoms with van der Waals surface area (Å²) in [6.45, 7) is 3.55. The summed E-state index contributed by atoms with van der Waals surface area (Å²) >= 11 is 7.04. The Morgan fingerprint density at radius 1 is 1.33 bits per heavy atom. The van der Waals surface area contributed by atoms with E-state index in [2.05, 4.69) is 15.9 Å². The van der Waals surface area contributed by atoms with E-state index in [4.69, 9.17) is 21.4 Å². The summed E-state index contributed by atoms with van der Waals surface area (Å²) in [6.07, 6.45) is 1.05. The van der Waals surface area contributed by atoms with Crippen LogP contribution in [-0.4, -0.2) is 19.4 Å². The molecule has 0 saturated carbocycles. The Morgan fingerprint density at radius 2 is 2.10 bits per heavy atom. The summed E-state index contributed by atoms with van der Waals surface area (Å²) < 4.78 is 32.8. The Hall–Kier alpha value is -2.67. The number of nitrogens with one attached hydrogen (secondary N) is 1. The molecule has 0 spiro atoms. The second-order valence-electron chi connectivity index (χ2n) is 6.52. The van der Waals surface area contributed by atoms with Gasteiger partial charge in [-0.2, -0.15) is 5.26 Å². The third-order valence-electron chi connectivity index (χ3n) is 4.48. The van der Waals surface area contributed by atoms with Gasteiger partial charge in [-0.3, -0.25) is 4.79 Å². The maximum absolute atomic E-state index is 12.9. The molecule has 0 aliphatic carbocycles. The van der Waals surface area contributed by atoms with Crippen LogP contribution >= 0.6 is 22.9 Å². The van der Waals surface area contributed by atoms with E-state index in [9.17, 15) is 13.2 Å². The molecule has 7 nitrogen and oxygen atoms in total. The molecule has 2 heterocycles. The van der Waals surface area contributed by atoms with Crippen molar-refractivity contribution < 1.29 is 17.7 Å². The zero-order valence-electron chi connectivity index (χ0n) is 16.2. The highest BCUT2D eigenvalue weighted by Gasteiger charge is 2.27. The van der Waals surface area contributed by atoms with Crippen molar-refractivity contribution in [2.24, 2.45) is 0 Å². The molecule has 0 saturated heterocycles. The van der Waals surface area contributed by atoms with Crippen molar-refractivity contribution >= 4 is 44.6 Å². The molecule has 0 atom stereocenters. The topological polar surface area (TPSA) is 113 Å². The van der Waals surface area contributed by atoms with Gasteiger partial charge in [0.2, 0.25) is 0 Å². The van der Waals surface area contributed by atoms with Gasteiger partial charge in [0.1, 0.15) is 15.6 Å². The normalized spacial score (nSPS) is 11.3. The first-order valence-electron chi connectivity index (χ1n) is 8.99. The van der Waals surface area contributed by atoms with E-state index >= 15 is 0 Å². The quantitative estimate of drug-likeness (QED) is 0.490. The van der Waals surface area contributed by atoms with Crippen molar-refractivity contribution in [3.63, 3.8) is 0 Å². The summed E-state index contributed by atoms with van der Waals surface area (Å²) in [4.78, 5) is 12.9. The highest BCUT2D eigenvalue weighted by Crippen LogP contribution is 2.30. The first-order chi connectivity index (χ1) is 14.3. The summed E-state index contributed by atoms with van der Waals surface area (Å²) in [5.74, 6) is -0.506. The van der Waals surface area contributed by atoms with Crippen molar-refractivity contribution in [3.05, 3.63) is 61.9 Å². The molecule has 30 heavy (non-hydrogen) atoms. The molecular weight excluding hydrogens is 446 g/mol. The summed E-state index contributed by atoms with van der Waals surface area (Å²) in [5.41, 5.74) is 3.00. The maximum atomic E-state index is 12.9. The SMILES string of the molecule is CCc1cc(CC#N)ccc1CC(=O)c1sccc1S(=O)(=O)Nc1onc(C)c1Cl. The number of thiophene rings is 1. The van der Waals surface area contributed by atoms with Crippen molar-refractivity contribution in [1.82, 2.24) is 5.16 Å². The van der Waals surface area contributed by atoms with E-state index in [0.717, 1.165) is 28.0 Å². The van der Waals surface area contributed by atoms with Gasteiger partial charge in [0.25, 0.3) is 15.9 Å². The van der Waals surface area contributed by atoms with E-state index in [1.54, 1.807) is 12.3 Å². The van der Waals surface area contributed by atoms with E-state index in [1.807, 2.05) is 25.1 Å². The van der Waals surface area contributed by atoms with Gasteiger partial charge in [0.05, 0.1) is 17.4 Å². The zero-order chi connectivity index (χ0) is 21.9. The number of nitrogens with zero attached hydrogens (tertiary/aromatic N) is 2. The number of ketones is 1. The molecule has 0 amide bonds. The molecule has 3 aromatic rings. The van der Waals surface area contributed by atoms with Crippen LogP contribution in [0, 0.1) is 18.3 Å². The minimum atomic E-state index is -4.09. The number of Topliss-reactive ketones (excluding diaryl/α,β-unsaturated/α-hetero) is 1. The fourth-order valence-electron chi connectivity index (χ4n) is 2.95. The predicted molar refractivity (Wildman–Crippen MR) is 115 cm³/mol. The summed E-state index contributed by atoms with van der Waals surface area (Å²) in [5, 5.41) is 14.1. The molecule has 156 valence electrons. The lowest BCUT2D eigenvalue weighted by Gasteiger charge is -2.10. The number of benzene rings is 1. The number of hydrogen-bond donors (Lipinski definition) is 1. The number of aromatic nitrogens is 1. The molecule has 0 aliphatic rings. The van der Waals surface area contributed by atoms with Crippen LogP contribution in [0.15, 0.2) is 39.1 Å². The van der Waals surface area contributed by atoms with Crippen LogP contribution < -0.4 is 4.72 Å². The van der Waals surface area contributed by atoms with Gasteiger partial charge in [0.15, 0.2) is 5.78 Å². The van der Waals surface area contributed by atoms with Crippen LogP contribution in [0.5, 0.6) is 0 Å². The fourth-order valence-corrected chi connectivity index (χ4v) is 5.51. The molecule has 0 bridgehead atoms. The molecule has 10 heteroatoms. The molecule has 0 aliphatic heterocycles. The van der Waals surface area contributed by atoms with Gasteiger partial charge in [0, 0.05) is 6.42 Å². The fraction of sp³-hybridized carbons (Fsp3) is 0.250. The summed E-state index contributed by atoms with van der Waals surface area (Å²) in [6, 6.07) is 9.02. The van der Waals surface area contributed by atoms with E-state index in [1.165, 1.54) is 6.07 Å². The molecular formula is C20H18ClN3O4S2. The van der Waals surface area contributed by atoms with Gasteiger partial charge < -0.3 is 4.52 Å². The lowest BCUT2D eigenvalue weighted by atomic mass is 9.97. The monoisotopic (exact) mass is 463 g/mol. The Labute approximate surface area is 183 Å². The largest absolute Gasteiger partial charge is 0.336 e. The molecule has 3 rings (SSSR count). The van der Waals surface area contributed by atoms with E-state index in [0.29, 0.717) is 18.5 Å². The highest BCUT2D eigenvalue weighted by atomic mass is 35.5. The van der Waals surface area contributed by atoms with Gasteiger partial charge >= 0.3 is 0 Å². The second-order valence-corrected chi connectivity index (χ2v) is 9.47. The average Bonchev–Trinajstić information content (AvgIpc) is 3.33. The average molecular weight is 464 g/mol. The first-order valence-corrected chi connectivity index (χ1v) is 11.7. The molecule has 0 radical (unpaired) electrons. The number of halogens is 1. The Morgan fingerprint density at radius 3 is 2.73 bits per heavy atom. The van der Waals surface area contributed by atoms with Crippen molar-refractivity contribution in [3.8, 4) is 6.07 Å². The number of carbonyl (C=O) groups is 1. The number of anilines is 1. The number of aryl methyl sites for hydroxylation is 2.